The maximum absolute atomic E-state index is 12.1. The fourth-order valence-corrected chi connectivity index (χ4v) is 1.68. The zero-order chi connectivity index (χ0) is 13.9. The zero-order valence-electron chi connectivity index (χ0n) is 11.1. The minimum atomic E-state index is -1.09. The van der Waals surface area contributed by atoms with Gasteiger partial charge in [0.25, 0.3) is 5.91 Å². The molecular formula is C13H18N2O3. The van der Waals surface area contributed by atoms with Crippen LogP contribution in [-0.2, 0) is 0 Å². The molecule has 0 unspecified atom stereocenters. The Morgan fingerprint density at radius 2 is 1.83 bits per heavy atom. The molecule has 0 radical (unpaired) electrons. The Balaban J connectivity index is 2.90. The Kier molecular flexibility index (Phi) is 4.06. The summed E-state index contributed by atoms with van der Waals surface area (Å²) < 4.78 is 0. The van der Waals surface area contributed by atoms with E-state index in [1.54, 1.807) is 11.9 Å². The number of carbonyl (C=O) groups is 2. The summed E-state index contributed by atoms with van der Waals surface area (Å²) in [7, 11) is 1.70. The van der Waals surface area contributed by atoms with Crippen LogP contribution in [0.1, 0.15) is 41.5 Å². The van der Waals surface area contributed by atoms with E-state index in [2.05, 4.69) is 4.98 Å². The van der Waals surface area contributed by atoms with Crippen LogP contribution in [0, 0.1) is 5.41 Å². The lowest BCUT2D eigenvalue weighted by Gasteiger charge is -2.26. The van der Waals surface area contributed by atoms with Gasteiger partial charge in [-0.2, -0.15) is 0 Å². The Morgan fingerprint density at radius 3 is 2.33 bits per heavy atom. The molecule has 0 saturated heterocycles. The number of carbonyl (C=O) groups excluding carboxylic acids is 1. The average molecular weight is 250 g/mol. The smallest absolute Gasteiger partial charge is 0.337 e. The van der Waals surface area contributed by atoms with Crippen LogP contribution < -0.4 is 0 Å². The van der Waals surface area contributed by atoms with Crippen molar-refractivity contribution in [1.29, 1.82) is 0 Å². The molecule has 0 aromatic carbocycles. The molecule has 1 aromatic heterocycles. The van der Waals surface area contributed by atoms with Crippen molar-refractivity contribution in [2.24, 2.45) is 5.41 Å². The Labute approximate surface area is 106 Å². The Hall–Kier alpha value is -1.91. The standard InChI is InChI=1S/C13H18N2O3/c1-13(2,3)8-15(4)11(16)9-5-10(12(17)18)7-14-6-9/h5-7H,8H2,1-4H3,(H,17,18). The summed E-state index contributed by atoms with van der Waals surface area (Å²) in [5.41, 5.74) is 0.300. The van der Waals surface area contributed by atoms with Crippen LogP contribution in [0.3, 0.4) is 0 Å². The summed E-state index contributed by atoms with van der Waals surface area (Å²) >= 11 is 0. The van der Waals surface area contributed by atoms with Gasteiger partial charge in [-0.3, -0.25) is 9.78 Å². The van der Waals surface area contributed by atoms with Crippen LogP contribution in [-0.4, -0.2) is 40.5 Å². The van der Waals surface area contributed by atoms with Crippen molar-refractivity contribution in [2.75, 3.05) is 13.6 Å². The molecule has 1 aromatic rings. The number of rotatable bonds is 3. The number of carboxylic acid groups (broad SMARTS) is 1. The lowest BCUT2D eigenvalue weighted by atomic mass is 9.96. The van der Waals surface area contributed by atoms with E-state index in [-0.39, 0.29) is 16.9 Å². The fourth-order valence-electron chi connectivity index (χ4n) is 1.68. The Bertz CT molecular complexity index is 464. The summed E-state index contributed by atoms with van der Waals surface area (Å²) in [6.07, 6.45) is 2.61. The van der Waals surface area contributed by atoms with Crippen molar-refractivity contribution in [3.63, 3.8) is 0 Å². The van der Waals surface area contributed by atoms with Gasteiger partial charge < -0.3 is 10.0 Å². The summed E-state index contributed by atoms with van der Waals surface area (Å²) in [4.78, 5) is 28.2. The van der Waals surface area contributed by atoms with Gasteiger partial charge in [0.05, 0.1) is 11.1 Å². The first-order chi connectivity index (χ1) is 8.20. The van der Waals surface area contributed by atoms with Crippen molar-refractivity contribution in [3.8, 4) is 0 Å². The number of aromatic nitrogens is 1. The third-order valence-electron chi connectivity index (χ3n) is 2.29. The van der Waals surface area contributed by atoms with E-state index < -0.39 is 5.97 Å². The van der Waals surface area contributed by atoms with Gasteiger partial charge in [-0.15, -0.1) is 0 Å². The number of nitrogens with zero attached hydrogens (tertiary/aromatic N) is 2. The number of aromatic carboxylic acids is 1. The highest BCUT2D eigenvalue weighted by Gasteiger charge is 2.19. The highest BCUT2D eigenvalue weighted by Crippen LogP contribution is 2.16. The van der Waals surface area contributed by atoms with E-state index in [0.29, 0.717) is 12.1 Å². The first kappa shape index (κ1) is 14.2. The predicted molar refractivity (Wildman–Crippen MR) is 67.6 cm³/mol. The zero-order valence-corrected chi connectivity index (χ0v) is 11.1. The van der Waals surface area contributed by atoms with E-state index in [4.69, 9.17) is 5.11 Å². The monoisotopic (exact) mass is 250 g/mol. The second-order valence-electron chi connectivity index (χ2n) is 5.49. The van der Waals surface area contributed by atoms with Crippen LogP contribution >= 0.6 is 0 Å². The minimum Gasteiger partial charge on any atom is -0.478 e. The van der Waals surface area contributed by atoms with Crippen molar-refractivity contribution in [2.45, 2.75) is 20.8 Å². The van der Waals surface area contributed by atoms with Crippen molar-refractivity contribution >= 4 is 11.9 Å². The summed E-state index contributed by atoms with van der Waals surface area (Å²) in [6, 6.07) is 1.34. The topological polar surface area (TPSA) is 70.5 Å². The molecule has 0 aliphatic heterocycles. The quantitative estimate of drug-likeness (QED) is 0.889. The van der Waals surface area contributed by atoms with E-state index >= 15 is 0 Å². The Morgan fingerprint density at radius 1 is 1.28 bits per heavy atom. The fraction of sp³-hybridized carbons (Fsp3) is 0.462. The van der Waals surface area contributed by atoms with Crippen molar-refractivity contribution in [3.05, 3.63) is 29.6 Å². The van der Waals surface area contributed by atoms with Gasteiger partial charge in [-0.05, 0) is 11.5 Å². The molecule has 0 aliphatic carbocycles. The molecule has 0 saturated carbocycles. The largest absolute Gasteiger partial charge is 0.478 e. The molecule has 1 rings (SSSR count). The maximum Gasteiger partial charge on any atom is 0.337 e. The van der Waals surface area contributed by atoms with E-state index in [1.165, 1.54) is 18.5 Å². The van der Waals surface area contributed by atoms with Crippen LogP contribution in [0.15, 0.2) is 18.5 Å². The third-order valence-corrected chi connectivity index (χ3v) is 2.29. The second kappa shape index (κ2) is 5.16. The molecule has 5 nitrogen and oxygen atoms in total. The van der Waals surface area contributed by atoms with Gasteiger partial charge in [0.15, 0.2) is 0 Å². The molecule has 1 N–H and O–H groups in total. The number of hydrogen-bond acceptors (Lipinski definition) is 3. The van der Waals surface area contributed by atoms with Gasteiger partial charge in [-0.25, -0.2) is 4.79 Å². The molecule has 0 atom stereocenters. The molecule has 0 fully saturated rings. The molecule has 5 heteroatoms. The highest BCUT2D eigenvalue weighted by molar-refractivity contribution is 5.96. The SMILES string of the molecule is CN(CC(C)(C)C)C(=O)c1cncc(C(=O)O)c1. The highest BCUT2D eigenvalue weighted by atomic mass is 16.4. The van der Waals surface area contributed by atoms with Gasteiger partial charge in [0.2, 0.25) is 0 Å². The molecular weight excluding hydrogens is 232 g/mol. The summed E-state index contributed by atoms with van der Waals surface area (Å²) in [5.74, 6) is -1.31. The van der Waals surface area contributed by atoms with Gasteiger partial charge in [0.1, 0.15) is 0 Å². The second-order valence-corrected chi connectivity index (χ2v) is 5.49. The van der Waals surface area contributed by atoms with Crippen LogP contribution in [0.25, 0.3) is 0 Å². The molecule has 1 heterocycles. The molecule has 18 heavy (non-hydrogen) atoms. The first-order valence-corrected chi connectivity index (χ1v) is 5.64. The van der Waals surface area contributed by atoms with Gasteiger partial charge in [-0.1, -0.05) is 20.8 Å². The van der Waals surface area contributed by atoms with Gasteiger partial charge >= 0.3 is 5.97 Å². The molecule has 98 valence electrons. The van der Waals surface area contributed by atoms with Gasteiger partial charge in [0, 0.05) is 26.0 Å². The first-order valence-electron chi connectivity index (χ1n) is 5.64. The molecule has 0 spiro atoms. The molecule has 1 amide bonds. The molecule has 0 aliphatic rings. The van der Waals surface area contributed by atoms with Crippen molar-refractivity contribution in [1.82, 2.24) is 9.88 Å². The third kappa shape index (κ3) is 3.84. The van der Waals surface area contributed by atoms with Crippen LogP contribution in [0.2, 0.25) is 0 Å². The normalized spacial score (nSPS) is 11.1. The lowest BCUT2D eigenvalue weighted by Crippen LogP contribution is -2.34. The predicted octanol–water partition coefficient (Wildman–Crippen LogP) is 1.90. The van der Waals surface area contributed by atoms with Crippen molar-refractivity contribution < 1.29 is 14.7 Å². The summed E-state index contributed by atoms with van der Waals surface area (Å²) in [6.45, 7) is 6.68. The van der Waals surface area contributed by atoms with Crippen LogP contribution in [0.5, 0.6) is 0 Å². The van der Waals surface area contributed by atoms with E-state index in [1.807, 2.05) is 20.8 Å². The number of hydrogen-bond donors (Lipinski definition) is 1. The number of pyridine rings is 1. The average Bonchev–Trinajstić information content (AvgIpc) is 2.26. The summed E-state index contributed by atoms with van der Waals surface area (Å²) in [5, 5.41) is 8.85. The maximum atomic E-state index is 12.1. The lowest BCUT2D eigenvalue weighted by molar-refractivity contribution is 0.0696. The van der Waals surface area contributed by atoms with E-state index in [0.717, 1.165) is 0 Å². The number of amides is 1. The van der Waals surface area contributed by atoms with E-state index in [9.17, 15) is 9.59 Å². The van der Waals surface area contributed by atoms with Crippen LogP contribution in [0.4, 0.5) is 0 Å². The molecule has 0 bridgehead atoms. The number of carboxylic acids is 1. The minimum absolute atomic E-state index is 0.0117.